The molecule has 1 fully saturated rings. The third kappa shape index (κ3) is 5.81. The number of hydrogen-bond acceptors (Lipinski definition) is 4. The normalized spacial score (nSPS) is 15.6. The van der Waals surface area contributed by atoms with Crippen molar-refractivity contribution < 1.29 is 9.53 Å². The number of likely N-dealkylation sites (tertiary alicyclic amines) is 1. The molecule has 1 amide bonds. The van der Waals surface area contributed by atoms with E-state index in [0.29, 0.717) is 5.92 Å². The Balaban J connectivity index is 1.39. The molecule has 2 aromatic rings. The van der Waals surface area contributed by atoms with Gasteiger partial charge in [-0.1, -0.05) is 25.5 Å². The van der Waals surface area contributed by atoms with E-state index in [2.05, 4.69) is 29.3 Å². The topological polar surface area (TPSA) is 41.6 Å². The summed E-state index contributed by atoms with van der Waals surface area (Å²) in [6.45, 7) is 6.12. The highest BCUT2D eigenvalue weighted by atomic mass is 32.1. The third-order valence-electron chi connectivity index (χ3n) is 5.24. The lowest BCUT2D eigenvalue weighted by Crippen LogP contribution is -2.38. The van der Waals surface area contributed by atoms with Crippen LogP contribution in [-0.4, -0.2) is 37.6 Å². The Bertz CT molecular complexity index is 718. The zero-order chi connectivity index (χ0) is 19.1. The predicted molar refractivity (Wildman–Crippen MR) is 112 cm³/mol. The molecule has 1 aliphatic rings. The predicted octanol–water partition coefficient (Wildman–Crippen LogP) is 4.35. The lowest BCUT2D eigenvalue weighted by atomic mass is 9.96. The van der Waals surface area contributed by atoms with Crippen LogP contribution >= 0.6 is 11.3 Å². The smallest absolute Gasteiger partial charge is 0.252 e. The summed E-state index contributed by atoms with van der Waals surface area (Å²) in [5, 5.41) is 5.12. The van der Waals surface area contributed by atoms with Crippen LogP contribution in [0.3, 0.4) is 0 Å². The summed E-state index contributed by atoms with van der Waals surface area (Å²) in [6.07, 6.45) is 4.46. The van der Waals surface area contributed by atoms with Crippen molar-refractivity contribution in [3.63, 3.8) is 0 Å². The number of piperidine rings is 1. The Morgan fingerprint density at radius 1 is 1.26 bits per heavy atom. The molecule has 1 aromatic carbocycles. The van der Waals surface area contributed by atoms with Crippen molar-refractivity contribution in [3.8, 4) is 5.75 Å². The van der Waals surface area contributed by atoms with E-state index in [1.807, 2.05) is 23.6 Å². The first-order valence-electron chi connectivity index (χ1n) is 9.88. The van der Waals surface area contributed by atoms with E-state index in [0.717, 1.165) is 63.2 Å². The minimum atomic E-state index is 0.0780. The summed E-state index contributed by atoms with van der Waals surface area (Å²) in [7, 11) is 1.70. The van der Waals surface area contributed by atoms with Gasteiger partial charge in [-0.25, -0.2) is 0 Å². The number of amides is 1. The Labute approximate surface area is 166 Å². The molecule has 1 aliphatic heterocycles. The van der Waals surface area contributed by atoms with Gasteiger partial charge in [0, 0.05) is 23.3 Å². The van der Waals surface area contributed by atoms with Gasteiger partial charge in [0.25, 0.3) is 5.91 Å². The first-order valence-corrected chi connectivity index (χ1v) is 10.8. The number of rotatable bonds is 8. The summed E-state index contributed by atoms with van der Waals surface area (Å²) in [5.41, 5.74) is 2.14. The number of carbonyl (C=O) groups excluding carboxylic acids is 1. The number of methoxy groups -OCH3 is 1. The van der Waals surface area contributed by atoms with E-state index in [9.17, 15) is 4.79 Å². The fourth-order valence-corrected chi connectivity index (χ4v) is 4.52. The van der Waals surface area contributed by atoms with Crippen molar-refractivity contribution >= 4 is 17.2 Å². The molecule has 27 heavy (non-hydrogen) atoms. The maximum atomic E-state index is 12.3. The van der Waals surface area contributed by atoms with Crippen LogP contribution in [0.1, 0.15) is 47.0 Å². The molecule has 0 saturated carbocycles. The van der Waals surface area contributed by atoms with Crippen LogP contribution in [0.4, 0.5) is 0 Å². The van der Waals surface area contributed by atoms with E-state index >= 15 is 0 Å². The van der Waals surface area contributed by atoms with Crippen molar-refractivity contribution in [3.05, 3.63) is 51.7 Å². The van der Waals surface area contributed by atoms with Gasteiger partial charge < -0.3 is 10.1 Å². The number of aryl methyl sites for hydroxylation is 1. The number of nitrogens with zero attached hydrogens (tertiary/aromatic N) is 1. The van der Waals surface area contributed by atoms with E-state index in [4.69, 9.17) is 4.74 Å². The van der Waals surface area contributed by atoms with Crippen LogP contribution in [0.25, 0.3) is 0 Å². The lowest BCUT2D eigenvalue weighted by molar-refractivity contribution is 0.0935. The van der Waals surface area contributed by atoms with Gasteiger partial charge in [0.15, 0.2) is 0 Å². The second-order valence-corrected chi connectivity index (χ2v) is 8.33. The summed E-state index contributed by atoms with van der Waals surface area (Å²) in [6, 6.07) is 10.4. The standard InChI is InChI=1S/C22H30N2O2S/c1-3-4-21-13-19(16-27-21)22(25)23-14-17-9-11-24(12-10-17)15-18-5-7-20(26-2)8-6-18/h5-8,13,16-17H,3-4,9-12,14-15H2,1-2H3,(H,23,25). The fourth-order valence-electron chi connectivity index (χ4n) is 3.55. The highest BCUT2D eigenvalue weighted by molar-refractivity contribution is 7.10. The van der Waals surface area contributed by atoms with Crippen LogP contribution < -0.4 is 10.1 Å². The van der Waals surface area contributed by atoms with Gasteiger partial charge in [-0.05, 0) is 62.0 Å². The number of benzene rings is 1. The maximum absolute atomic E-state index is 12.3. The maximum Gasteiger partial charge on any atom is 0.252 e. The van der Waals surface area contributed by atoms with Crippen molar-refractivity contribution in [2.75, 3.05) is 26.7 Å². The first kappa shape index (κ1) is 19.9. The second-order valence-electron chi connectivity index (χ2n) is 7.33. The Morgan fingerprint density at radius 2 is 2.00 bits per heavy atom. The Morgan fingerprint density at radius 3 is 2.67 bits per heavy atom. The second kappa shape index (κ2) is 9.90. The molecule has 0 radical (unpaired) electrons. The third-order valence-corrected chi connectivity index (χ3v) is 6.23. The molecule has 1 aromatic heterocycles. The van der Waals surface area contributed by atoms with Crippen molar-refractivity contribution in [2.24, 2.45) is 5.92 Å². The highest BCUT2D eigenvalue weighted by Gasteiger charge is 2.20. The first-order chi connectivity index (χ1) is 13.2. The number of nitrogens with one attached hydrogen (secondary N) is 1. The van der Waals surface area contributed by atoms with Gasteiger partial charge in [0.2, 0.25) is 0 Å². The van der Waals surface area contributed by atoms with Crippen LogP contribution in [0.5, 0.6) is 5.75 Å². The molecule has 146 valence electrons. The fraction of sp³-hybridized carbons (Fsp3) is 0.500. The summed E-state index contributed by atoms with van der Waals surface area (Å²) in [4.78, 5) is 16.1. The molecule has 5 heteroatoms. The van der Waals surface area contributed by atoms with Crippen LogP contribution in [0.2, 0.25) is 0 Å². The molecule has 1 N–H and O–H groups in total. The van der Waals surface area contributed by atoms with Crippen molar-refractivity contribution in [1.29, 1.82) is 0 Å². The van der Waals surface area contributed by atoms with Gasteiger partial charge in [0.1, 0.15) is 5.75 Å². The molecule has 0 atom stereocenters. The van der Waals surface area contributed by atoms with E-state index in [1.165, 1.54) is 10.4 Å². The van der Waals surface area contributed by atoms with E-state index < -0.39 is 0 Å². The zero-order valence-corrected chi connectivity index (χ0v) is 17.2. The minimum Gasteiger partial charge on any atom is -0.497 e. The van der Waals surface area contributed by atoms with Crippen molar-refractivity contribution in [2.45, 2.75) is 39.2 Å². The van der Waals surface area contributed by atoms with Crippen LogP contribution in [0, 0.1) is 5.92 Å². The summed E-state index contributed by atoms with van der Waals surface area (Å²) < 4.78 is 5.22. The summed E-state index contributed by atoms with van der Waals surface area (Å²) >= 11 is 1.69. The number of thiophene rings is 1. The highest BCUT2D eigenvalue weighted by Crippen LogP contribution is 2.20. The quantitative estimate of drug-likeness (QED) is 0.733. The van der Waals surface area contributed by atoms with Crippen LogP contribution in [0.15, 0.2) is 35.7 Å². The monoisotopic (exact) mass is 386 g/mol. The largest absolute Gasteiger partial charge is 0.497 e. The average molecular weight is 387 g/mol. The van der Waals surface area contributed by atoms with Gasteiger partial charge in [-0.2, -0.15) is 0 Å². The molecule has 0 spiro atoms. The SMILES string of the molecule is CCCc1cc(C(=O)NCC2CCN(Cc3ccc(OC)cc3)CC2)cs1. The molecular formula is C22H30N2O2S. The van der Waals surface area contributed by atoms with Gasteiger partial charge in [-0.3, -0.25) is 9.69 Å². The summed E-state index contributed by atoms with van der Waals surface area (Å²) in [5.74, 6) is 1.56. The van der Waals surface area contributed by atoms with Crippen LogP contribution in [-0.2, 0) is 13.0 Å². The Kier molecular flexibility index (Phi) is 7.30. The van der Waals surface area contributed by atoms with E-state index in [1.54, 1.807) is 18.4 Å². The zero-order valence-electron chi connectivity index (χ0n) is 16.4. The molecule has 0 bridgehead atoms. The molecular weight excluding hydrogens is 356 g/mol. The van der Waals surface area contributed by atoms with Crippen molar-refractivity contribution in [1.82, 2.24) is 10.2 Å². The number of carbonyl (C=O) groups is 1. The molecule has 0 aliphatic carbocycles. The van der Waals surface area contributed by atoms with Gasteiger partial charge in [-0.15, -0.1) is 11.3 Å². The minimum absolute atomic E-state index is 0.0780. The lowest BCUT2D eigenvalue weighted by Gasteiger charge is -2.32. The van der Waals surface area contributed by atoms with Gasteiger partial charge >= 0.3 is 0 Å². The van der Waals surface area contributed by atoms with Gasteiger partial charge in [0.05, 0.1) is 12.7 Å². The average Bonchev–Trinajstić information content (AvgIpc) is 3.17. The Hall–Kier alpha value is -1.85. The number of ether oxygens (including phenoxy) is 1. The molecule has 3 rings (SSSR count). The molecule has 4 nitrogen and oxygen atoms in total. The molecule has 0 unspecified atom stereocenters. The molecule has 1 saturated heterocycles. The number of hydrogen-bond donors (Lipinski definition) is 1. The molecule has 2 heterocycles. The van der Waals surface area contributed by atoms with E-state index in [-0.39, 0.29) is 5.91 Å².